The lowest BCUT2D eigenvalue weighted by Gasteiger charge is -2.35. The van der Waals surface area contributed by atoms with Crippen LogP contribution in [0.4, 0.5) is 13.2 Å². The first kappa shape index (κ1) is 32.1. The average molecular weight is 607 g/mol. The molecule has 0 spiro atoms. The summed E-state index contributed by atoms with van der Waals surface area (Å²) in [6, 6.07) is 5.72. The minimum Gasteiger partial charge on any atom is -0.496 e. The Labute approximate surface area is 247 Å². The van der Waals surface area contributed by atoms with Crippen molar-refractivity contribution in [3.63, 3.8) is 0 Å². The van der Waals surface area contributed by atoms with E-state index in [-0.39, 0.29) is 11.7 Å². The number of carboxylic acids is 1. The Morgan fingerprint density at radius 3 is 2.28 bits per heavy atom. The number of carboxylic acid groups (broad SMARTS) is 1. The number of hydrogen-bond acceptors (Lipinski definition) is 8. The van der Waals surface area contributed by atoms with Crippen LogP contribution in [0, 0.1) is 5.92 Å². The van der Waals surface area contributed by atoms with E-state index in [0.717, 1.165) is 61.5 Å². The second-order valence-corrected chi connectivity index (χ2v) is 10.7. The number of likely N-dealkylation sites (tertiary alicyclic amines) is 1. The van der Waals surface area contributed by atoms with Crippen molar-refractivity contribution < 1.29 is 37.3 Å². The molecule has 0 aliphatic carbocycles. The van der Waals surface area contributed by atoms with E-state index in [4.69, 9.17) is 24.1 Å². The van der Waals surface area contributed by atoms with Gasteiger partial charge in [0.15, 0.2) is 11.5 Å². The number of aryl methyl sites for hydroxylation is 1. The van der Waals surface area contributed by atoms with E-state index in [1.54, 1.807) is 38.2 Å². The molecular weight excluding hydrogens is 569 g/mol. The first-order valence-corrected chi connectivity index (χ1v) is 14.1. The predicted molar refractivity (Wildman–Crippen MR) is 155 cm³/mol. The molecule has 0 bridgehead atoms. The van der Waals surface area contributed by atoms with Crippen LogP contribution in [0.2, 0.25) is 0 Å². The highest BCUT2D eigenvalue weighted by Crippen LogP contribution is 2.42. The zero-order valence-corrected chi connectivity index (χ0v) is 24.4. The third kappa shape index (κ3) is 7.96. The molecular formula is C30H37F3N4O6. The van der Waals surface area contributed by atoms with Crippen molar-refractivity contribution in [3.05, 3.63) is 47.1 Å². The van der Waals surface area contributed by atoms with Gasteiger partial charge in [-0.05, 0) is 62.2 Å². The SMILES string of the molecule is COc1cc(-c2cn(C)c(=O)c3cnccc23)c(OC)cc1OC1CCN(CC2CCNCC2)CC1.O=C(O)C(F)(F)F. The van der Waals surface area contributed by atoms with Crippen molar-refractivity contribution in [2.45, 2.75) is 38.0 Å². The summed E-state index contributed by atoms with van der Waals surface area (Å²) >= 11 is 0. The largest absolute Gasteiger partial charge is 0.496 e. The van der Waals surface area contributed by atoms with Crippen LogP contribution in [0.5, 0.6) is 17.2 Å². The number of hydrogen-bond donors (Lipinski definition) is 2. The first-order chi connectivity index (χ1) is 20.5. The van der Waals surface area contributed by atoms with Crippen molar-refractivity contribution in [2.24, 2.45) is 13.0 Å². The molecule has 5 rings (SSSR count). The fourth-order valence-electron chi connectivity index (χ4n) is 5.52. The lowest BCUT2D eigenvalue weighted by Crippen LogP contribution is -2.42. The molecule has 2 saturated heterocycles. The molecule has 2 aliphatic heterocycles. The minimum absolute atomic E-state index is 0.0840. The van der Waals surface area contributed by atoms with E-state index in [1.807, 2.05) is 24.4 Å². The molecule has 0 unspecified atom stereocenters. The van der Waals surface area contributed by atoms with Gasteiger partial charge in [-0.15, -0.1) is 0 Å². The van der Waals surface area contributed by atoms with Crippen molar-refractivity contribution in [3.8, 4) is 28.4 Å². The molecule has 0 radical (unpaired) electrons. The molecule has 2 fully saturated rings. The van der Waals surface area contributed by atoms with Gasteiger partial charge in [0.25, 0.3) is 5.56 Å². The van der Waals surface area contributed by atoms with Crippen LogP contribution in [0.1, 0.15) is 25.7 Å². The van der Waals surface area contributed by atoms with Gasteiger partial charge in [-0.1, -0.05) is 0 Å². The molecule has 2 aliphatic rings. The summed E-state index contributed by atoms with van der Waals surface area (Å²) in [5.41, 5.74) is 1.63. The van der Waals surface area contributed by atoms with Crippen molar-refractivity contribution in [2.75, 3.05) is 46.9 Å². The number of halogens is 3. The van der Waals surface area contributed by atoms with Crippen LogP contribution in [-0.2, 0) is 11.8 Å². The first-order valence-electron chi connectivity index (χ1n) is 14.1. The number of carbonyl (C=O) groups is 1. The summed E-state index contributed by atoms with van der Waals surface area (Å²) < 4.78 is 51.3. The lowest BCUT2D eigenvalue weighted by molar-refractivity contribution is -0.192. The monoisotopic (exact) mass is 606 g/mol. The van der Waals surface area contributed by atoms with Crippen molar-refractivity contribution in [1.82, 2.24) is 19.8 Å². The van der Waals surface area contributed by atoms with E-state index in [2.05, 4.69) is 15.2 Å². The van der Waals surface area contributed by atoms with Gasteiger partial charge in [0, 0.05) is 62.5 Å². The van der Waals surface area contributed by atoms with Crippen LogP contribution >= 0.6 is 0 Å². The Bertz CT molecular complexity index is 1460. The fraction of sp³-hybridized carbons (Fsp3) is 0.500. The van der Waals surface area contributed by atoms with Gasteiger partial charge in [-0.3, -0.25) is 9.78 Å². The van der Waals surface area contributed by atoms with Gasteiger partial charge in [0.05, 0.1) is 19.6 Å². The number of nitrogens with one attached hydrogen (secondary N) is 1. The standard InChI is InChI=1S/C28H36N4O4.C2HF3O2/c1-31-18-24(21-6-11-30-16-23(21)28(31)33)22-14-26(35-3)27(15-25(22)34-2)36-20-7-12-32(13-8-20)17-19-4-9-29-10-5-19;3-2(4,5)1(6)7/h6,11,14-16,18-20,29H,4-5,7-10,12-13,17H2,1-3H3;(H,6,7). The van der Waals surface area contributed by atoms with Crippen molar-refractivity contribution in [1.29, 1.82) is 0 Å². The van der Waals surface area contributed by atoms with E-state index < -0.39 is 12.1 Å². The number of piperidine rings is 2. The fourth-order valence-corrected chi connectivity index (χ4v) is 5.52. The minimum atomic E-state index is -5.08. The molecule has 13 heteroatoms. The van der Waals surface area contributed by atoms with Crippen LogP contribution < -0.4 is 25.1 Å². The summed E-state index contributed by atoms with van der Waals surface area (Å²) in [6.07, 6.45) is 4.75. The van der Waals surface area contributed by atoms with E-state index in [1.165, 1.54) is 19.4 Å². The molecule has 4 heterocycles. The molecule has 2 aromatic heterocycles. The van der Waals surface area contributed by atoms with Crippen LogP contribution in [0.3, 0.4) is 0 Å². The van der Waals surface area contributed by atoms with Gasteiger partial charge in [0.2, 0.25) is 0 Å². The maximum atomic E-state index is 12.6. The zero-order valence-electron chi connectivity index (χ0n) is 24.4. The highest BCUT2D eigenvalue weighted by Gasteiger charge is 2.38. The Kier molecular flexibility index (Phi) is 10.5. The number of methoxy groups -OCH3 is 2. The Balaban J connectivity index is 0.000000541. The number of rotatable bonds is 7. The molecule has 234 valence electrons. The summed E-state index contributed by atoms with van der Waals surface area (Å²) in [5.74, 6) is 0.0630. The number of nitrogens with zero attached hydrogens (tertiary/aromatic N) is 3. The topological polar surface area (TPSA) is 115 Å². The van der Waals surface area contributed by atoms with Crippen LogP contribution in [0.15, 0.2) is 41.6 Å². The quantitative estimate of drug-likeness (QED) is 0.410. The number of aromatic nitrogens is 2. The number of ether oxygens (including phenoxy) is 3. The normalized spacial score (nSPS) is 16.8. The molecule has 2 N–H and O–H groups in total. The molecule has 0 atom stereocenters. The smallest absolute Gasteiger partial charge is 0.490 e. The predicted octanol–water partition coefficient (Wildman–Crippen LogP) is 4.09. The van der Waals surface area contributed by atoms with Gasteiger partial charge in [-0.2, -0.15) is 13.2 Å². The van der Waals surface area contributed by atoms with Gasteiger partial charge in [0.1, 0.15) is 11.9 Å². The summed E-state index contributed by atoms with van der Waals surface area (Å²) in [5, 5.41) is 12.0. The molecule has 1 aromatic carbocycles. The maximum Gasteiger partial charge on any atom is 0.490 e. The highest BCUT2D eigenvalue weighted by atomic mass is 19.4. The number of benzene rings is 1. The van der Waals surface area contributed by atoms with Gasteiger partial charge >= 0.3 is 12.1 Å². The van der Waals surface area contributed by atoms with Crippen LogP contribution in [-0.4, -0.2) is 84.8 Å². The average Bonchev–Trinajstić information content (AvgIpc) is 3.00. The Morgan fingerprint density at radius 2 is 1.67 bits per heavy atom. The van der Waals surface area contributed by atoms with E-state index >= 15 is 0 Å². The lowest BCUT2D eigenvalue weighted by atomic mass is 9.96. The molecule has 3 aromatic rings. The van der Waals surface area contributed by atoms with E-state index in [0.29, 0.717) is 22.6 Å². The Morgan fingerprint density at radius 1 is 1.02 bits per heavy atom. The molecule has 0 saturated carbocycles. The molecule has 10 nitrogen and oxygen atoms in total. The van der Waals surface area contributed by atoms with Crippen LogP contribution in [0.25, 0.3) is 21.9 Å². The third-order valence-corrected chi connectivity index (χ3v) is 7.81. The second kappa shape index (κ2) is 14.1. The molecule has 43 heavy (non-hydrogen) atoms. The number of alkyl halides is 3. The van der Waals surface area contributed by atoms with Gasteiger partial charge < -0.3 is 34.1 Å². The number of fused-ring (bicyclic) bond motifs is 1. The highest BCUT2D eigenvalue weighted by molar-refractivity contribution is 5.97. The summed E-state index contributed by atoms with van der Waals surface area (Å²) in [7, 11) is 5.06. The second-order valence-electron chi connectivity index (χ2n) is 10.7. The third-order valence-electron chi connectivity index (χ3n) is 7.81. The Hall–Kier alpha value is -3.84. The zero-order chi connectivity index (χ0) is 31.1. The van der Waals surface area contributed by atoms with E-state index in [9.17, 15) is 18.0 Å². The maximum absolute atomic E-state index is 12.6. The molecule has 0 amide bonds. The van der Waals surface area contributed by atoms with Gasteiger partial charge in [-0.25, -0.2) is 4.79 Å². The number of pyridine rings is 2. The number of aliphatic carboxylic acids is 1. The van der Waals surface area contributed by atoms with Crippen molar-refractivity contribution >= 4 is 16.7 Å². The summed E-state index contributed by atoms with van der Waals surface area (Å²) in [4.78, 5) is 28.3. The summed E-state index contributed by atoms with van der Waals surface area (Å²) in [6.45, 7) is 5.61.